The quantitative estimate of drug-likeness (QED) is 0.259. The first-order valence-corrected chi connectivity index (χ1v) is 17.1. The summed E-state index contributed by atoms with van der Waals surface area (Å²) in [6.07, 6.45) is 5.27. The lowest BCUT2D eigenvalue weighted by atomic mass is 9.91. The highest BCUT2D eigenvalue weighted by Crippen LogP contribution is 2.42. The highest BCUT2D eigenvalue weighted by atomic mass is 19.1. The molecule has 6 bridgehead atoms. The van der Waals surface area contributed by atoms with E-state index >= 15 is 8.78 Å². The van der Waals surface area contributed by atoms with E-state index in [2.05, 4.69) is 20.1 Å². The summed E-state index contributed by atoms with van der Waals surface area (Å²) in [7, 11) is 0. The van der Waals surface area contributed by atoms with E-state index in [9.17, 15) is 9.18 Å². The van der Waals surface area contributed by atoms with Crippen LogP contribution >= 0.6 is 0 Å². The molecule has 0 radical (unpaired) electrons. The van der Waals surface area contributed by atoms with E-state index in [1.165, 1.54) is 6.07 Å². The van der Waals surface area contributed by atoms with E-state index in [0.717, 1.165) is 57.1 Å². The maximum absolute atomic E-state index is 17.0. The van der Waals surface area contributed by atoms with Gasteiger partial charge >= 0.3 is 6.01 Å². The van der Waals surface area contributed by atoms with Crippen molar-refractivity contribution in [3.05, 3.63) is 59.7 Å². The van der Waals surface area contributed by atoms with Gasteiger partial charge in [-0.25, -0.2) is 13.2 Å². The fourth-order valence-corrected chi connectivity index (χ4v) is 8.61. The smallest absolute Gasteiger partial charge is 0.319 e. The summed E-state index contributed by atoms with van der Waals surface area (Å²) in [6.45, 7) is 3.54. The van der Waals surface area contributed by atoms with E-state index in [1.54, 1.807) is 12.1 Å². The molecule has 0 saturated carbocycles. The third kappa shape index (κ3) is 5.58. The first-order valence-electron chi connectivity index (χ1n) is 17.1. The number of nitrogens with one attached hydrogen (secondary N) is 1. The third-order valence-electron chi connectivity index (χ3n) is 10.9. The summed E-state index contributed by atoms with van der Waals surface area (Å²) in [5, 5.41) is 5.09. The van der Waals surface area contributed by atoms with Crippen LogP contribution in [0.2, 0.25) is 0 Å². The van der Waals surface area contributed by atoms with Gasteiger partial charge in [-0.05, 0) is 91.4 Å². The van der Waals surface area contributed by atoms with E-state index in [0.29, 0.717) is 78.0 Å². The fraction of sp³-hybridized carbons (Fsp3) is 0.486. The van der Waals surface area contributed by atoms with Gasteiger partial charge in [-0.2, -0.15) is 9.97 Å². The average molecular weight is 646 g/mol. The highest BCUT2D eigenvalue weighted by molar-refractivity contribution is 6.02. The van der Waals surface area contributed by atoms with Gasteiger partial charge in [0.25, 0.3) is 0 Å². The molecule has 3 aromatic carbocycles. The molecule has 4 aromatic rings. The zero-order chi connectivity index (χ0) is 32.1. The van der Waals surface area contributed by atoms with Crippen LogP contribution in [0.15, 0.2) is 42.5 Å². The number of halogens is 3. The molecule has 5 aliphatic heterocycles. The minimum absolute atomic E-state index is 0. The van der Waals surface area contributed by atoms with Gasteiger partial charge in [0.1, 0.15) is 29.9 Å². The van der Waals surface area contributed by atoms with Gasteiger partial charge in [0.05, 0.1) is 5.54 Å². The number of nitrogens with zero attached hydrogens (tertiary/aromatic N) is 4. The van der Waals surface area contributed by atoms with Crippen LogP contribution in [0.5, 0.6) is 6.01 Å². The second kappa shape index (κ2) is 12.3. The van der Waals surface area contributed by atoms with E-state index < -0.39 is 17.5 Å². The maximum atomic E-state index is 17.0. The van der Waals surface area contributed by atoms with Crippen LogP contribution < -0.4 is 15.0 Å². The first kappa shape index (κ1) is 30.4. The lowest BCUT2D eigenvalue weighted by Gasteiger charge is -2.34. The number of benzene rings is 3. The minimum atomic E-state index is -0.891. The van der Waals surface area contributed by atoms with E-state index in [4.69, 9.17) is 9.72 Å². The van der Waals surface area contributed by atoms with Crippen molar-refractivity contribution >= 4 is 33.4 Å². The van der Waals surface area contributed by atoms with Crippen molar-refractivity contribution in [3.63, 3.8) is 0 Å². The van der Waals surface area contributed by atoms with E-state index in [1.807, 2.05) is 24.3 Å². The number of amides is 1. The molecule has 10 heteroatoms. The predicted octanol–water partition coefficient (Wildman–Crippen LogP) is 6.99. The molecule has 1 aromatic heterocycles. The number of rotatable bonds is 3. The summed E-state index contributed by atoms with van der Waals surface area (Å²) in [5.74, 6) is 0.0145. The Kier molecular flexibility index (Phi) is 7.94. The van der Waals surface area contributed by atoms with Crippen LogP contribution in [0, 0.1) is 17.6 Å². The summed E-state index contributed by atoms with van der Waals surface area (Å²) in [5.41, 5.74) is 1.12. The number of piperidine rings is 1. The number of alkyl halides is 1. The molecule has 3 saturated heterocycles. The van der Waals surface area contributed by atoms with Crippen LogP contribution in [0.1, 0.15) is 58.4 Å². The third-order valence-corrected chi connectivity index (χ3v) is 10.9. The normalized spacial score (nSPS) is 25.3. The number of carbonyl (C=O) groups is 1. The molecule has 6 heterocycles. The van der Waals surface area contributed by atoms with Crippen molar-refractivity contribution in [1.29, 1.82) is 0 Å². The molecule has 1 unspecified atom stereocenters. The average Bonchev–Trinajstić information content (AvgIpc) is 3.60. The Labute approximate surface area is 274 Å². The predicted molar refractivity (Wildman–Crippen MR) is 179 cm³/mol. The van der Waals surface area contributed by atoms with Crippen LogP contribution in [-0.4, -0.2) is 71.8 Å². The summed E-state index contributed by atoms with van der Waals surface area (Å²) < 4.78 is 53.3. The number of aromatic nitrogens is 2. The molecule has 9 rings (SSSR count). The Bertz CT molecular complexity index is 1860. The number of hydrogen-bond donors (Lipinski definition) is 1. The van der Waals surface area contributed by atoms with Crippen LogP contribution in [-0.2, 0) is 11.2 Å². The highest BCUT2D eigenvalue weighted by Gasteiger charge is 2.49. The minimum Gasteiger partial charge on any atom is -0.461 e. The molecular weight excluding hydrogens is 603 g/mol. The molecule has 3 fully saturated rings. The van der Waals surface area contributed by atoms with Crippen molar-refractivity contribution in [2.45, 2.75) is 69.5 Å². The Morgan fingerprint density at radius 2 is 1.89 bits per heavy atom. The number of anilines is 1. The molecule has 248 valence electrons. The Balaban J connectivity index is 0.00000364. The molecule has 1 N–H and O–H groups in total. The van der Waals surface area contributed by atoms with Gasteiger partial charge in [0.15, 0.2) is 5.82 Å². The summed E-state index contributed by atoms with van der Waals surface area (Å²) in [6, 6.07) is 12.4. The second-order valence-corrected chi connectivity index (χ2v) is 13.9. The monoisotopic (exact) mass is 645 g/mol. The van der Waals surface area contributed by atoms with Crippen molar-refractivity contribution in [2.24, 2.45) is 5.92 Å². The molecule has 7 nitrogen and oxygen atoms in total. The SMILES string of the molecule is O=C1CCCc2c(F)ccc3cccc(c23)-c2ccc3c(nc(OC[C@@]45CCCN4C[C@H](F)C5)nc3c2F)N2CCCC(CCN1)C2.[HH]. The van der Waals surface area contributed by atoms with Crippen molar-refractivity contribution in [1.82, 2.24) is 20.2 Å². The first-order chi connectivity index (χ1) is 22.9. The summed E-state index contributed by atoms with van der Waals surface area (Å²) in [4.78, 5) is 26.7. The van der Waals surface area contributed by atoms with Gasteiger partial charge in [-0.3, -0.25) is 9.69 Å². The molecule has 5 aliphatic rings. The zero-order valence-electron chi connectivity index (χ0n) is 26.5. The van der Waals surface area contributed by atoms with Gasteiger partial charge in [-0.1, -0.05) is 30.3 Å². The number of hydrogen-bond acceptors (Lipinski definition) is 6. The molecule has 1 amide bonds. The molecule has 47 heavy (non-hydrogen) atoms. The Morgan fingerprint density at radius 3 is 2.81 bits per heavy atom. The van der Waals surface area contributed by atoms with Crippen LogP contribution in [0.3, 0.4) is 0 Å². The standard InChI is InChI=1S/C37H40F3N5O2.H2/c38-25-19-37(15-4-18-45(37)21-25)22-47-36-42-34-29-12-11-27(33(34)40)26-7-1-6-24-10-13-30(39)28(32(24)26)8-2-9-31(46)41-16-14-23-5-3-17-44(20-23)35(29)43-36;/h1,6-7,10-13,23,25H,2-5,8-9,14-22H2,(H,41,46);1H/t23?,25-,37+;/m1./s1. The van der Waals surface area contributed by atoms with Gasteiger partial charge in [0, 0.05) is 51.4 Å². The second-order valence-electron chi connectivity index (χ2n) is 13.9. The topological polar surface area (TPSA) is 70.6 Å². The van der Waals surface area contributed by atoms with Crippen LogP contribution in [0.25, 0.3) is 32.8 Å². The molecular formula is C37H42F3N5O2. The van der Waals surface area contributed by atoms with Crippen molar-refractivity contribution in [2.75, 3.05) is 44.2 Å². The lowest BCUT2D eigenvalue weighted by molar-refractivity contribution is -0.121. The fourth-order valence-electron chi connectivity index (χ4n) is 8.61. The Morgan fingerprint density at radius 1 is 0.979 bits per heavy atom. The number of aryl methyl sites for hydroxylation is 1. The van der Waals surface area contributed by atoms with E-state index in [-0.39, 0.29) is 31.3 Å². The molecule has 3 atom stereocenters. The van der Waals surface area contributed by atoms with Gasteiger partial charge in [-0.15, -0.1) is 0 Å². The maximum Gasteiger partial charge on any atom is 0.319 e. The number of fused-ring (bicyclic) bond motifs is 8. The molecule has 0 aliphatic carbocycles. The Hall–Kier alpha value is -3.92. The summed E-state index contributed by atoms with van der Waals surface area (Å²) >= 11 is 0. The van der Waals surface area contributed by atoms with Gasteiger partial charge in [0.2, 0.25) is 5.91 Å². The molecule has 0 spiro atoms. The zero-order valence-corrected chi connectivity index (χ0v) is 26.5. The largest absolute Gasteiger partial charge is 0.461 e. The number of ether oxygens (including phenoxy) is 1. The van der Waals surface area contributed by atoms with Crippen LogP contribution in [0.4, 0.5) is 19.0 Å². The van der Waals surface area contributed by atoms with Crippen molar-refractivity contribution in [3.8, 4) is 17.1 Å². The number of carbonyl (C=O) groups excluding carboxylic acids is 1. The van der Waals surface area contributed by atoms with Gasteiger partial charge < -0.3 is 15.0 Å². The lowest BCUT2D eigenvalue weighted by Crippen LogP contribution is -2.43. The van der Waals surface area contributed by atoms with Crippen molar-refractivity contribution < 1.29 is 24.1 Å².